The summed E-state index contributed by atoms with van der Waals surface area (Å²) >= 11 is 0. The molecular weight excluding hydrogens is 616 g/mol. The van der Waals surface area contributed by atoms with E-state index >= 15 is 0 Å². The van der Waals surface area contributed by atoms with Crippen molar-refractivity contribution < 1.29 is 17.9 Å². The van der Waals surface area contributed by atoms with Gasteiger partial charge in [0.15, 0.2) is 16.0 Å². The monoisotopic (exact) mass is 662 g/mol. The normalized spacial score (nSPS) is 21.0. The molecule has 4 aliphatic rings. The van der Waals surface area contributed by atoms with Gasteiger partial charge in [0.1, 0.15) is 5.75 Å². The molecule has 2 aromatic carbocycles. The van der Waals surface area contributed by atoms with Crippen LogP contribution < -0.4 is 15.4 Å². The molecule has 4 aliphatic heterocycles. The maximum atomic E-state index is 13.2. The molecule has 6 rings (SSSR count). The minimum Gasteiger partial charge on any atom is -0.495 e. The highest BCUT2D eigenvalue weighted by Crippen LogP contribution is 2.37. The molecule has 2 N–H and O–H groups in total. The number of hydrogen-bond acceptors (Lipinski definition) is 11. The number of nitrogens with one attached hydrogen (secondary N) is 2. The highest BCUT2D eigenvalue weighted by molar-refractivity contribution is 7.92. The molecule has 0 saturated carbocycles. The van der Waals surface area contributed by atoms with Crippen molar-refractivity contribution in [2.45, 2.75) is 88.1 Å². The summed E-state index contributed by atoms with van der Waals surface area (Å²) in [6, 6.07) is 10.9. The van der Waals surface area contributed by atoms with Gasteiger partial charge < -0.3 is 20.3 Å². The number of nitrogens with zero attached hydrogens (tertiary/aromatic N) is 6. The second-order valence-corrected chi connectivity index (χ2v) is 15.5. The van der Waals surface area contributed by atoms with Crippen molar-refractivity contribution >= 4 is 45.3 Å². The Morgan fingerprint density at radius 2 is 1.72 bits per heavy atom. The van der Waals surface area contributed by atoms with Gasteiger partial charge in [-0.05, 0) is 108 Å². The Morgan fingerprint density at radius 1 is 1.00 bits per heavy atom. The number of carbonyl (C=O) groups is 1. The Labute approximate surface area is 277 Å². The number of hydrazone groups is 1. The van der Waals surface area contributed by atoms with E-state index in [9.17, 15) is 13.2 Å². The predicted octanol–water partition coefficient (Wildman–Crippen LogP) is 4.64. The lowest BCUT2D eigenvalue weighted by Crippen LogP contribution is -2.48. The number of amides is 1. The molecule has 2 atom stereocenters. The molecule has 0 aliphatic carbocycles. The van der Waals surface area contributed by atoms with Crippen LogP contribution in [-0.4, -0.2) is 98.0 Å². The van der Waals surface area contributed by atoms with Crippen LogP contribution in [-0.2, 0) is 14.6 Å². The minimum absolute atomic E-state index is 0.0481. The summed E-state index contributed by atoms with van der Waals surface area (Å²) in [6.07, 6.45) is 6.21. The number of anilines is 2. The number of benzene rings is 2. The molecule has 0 aromatic heterocycles. The third-order valence-electron chi connectivity index (χ3n) is 9.69. The number of fused-ring (bicyclic) bond motifs is 1. The molecule has 2 fully saturated rings. The molecule has 2 saturated heterocycles. The second kappa shape index (κ2) is 13.6. The third kappa shape index (κ3) is 6.73. The predicted molar refractivity (Wildman–Crippen MR) is 186 cm³/mol. The minimum atomic E-state index is -3.54. The van der Waals surface area contributed by atoms with Crippen molar-refractivity contribution in [3.05, 3.63) is 47.5 Å². The Bertz CT molecular complexity index is 1690. The van der Waals surface area contributed by atoms with E-state index < -0.39 is 15.1 Å². The summed E-state index contributed by atoms with van der Waals surface area (Å²) in [7, 11) is -1.89. The van der Waals surface area contributed by atoms with Crippen molar-refractivity contribution in [2.75, 3.05) is 43.9 Å². The van der Waals surface area contributed by atoms with Gasteiger partial charge in [0.2, 0.25) is 17.8 Å². The largest absolute Gasteiger partial charge is 0.495 e. The van der Waals surface area contributed by atoms with E-state index in [1.165, 1.54) is 18.4 Å². The SMILES string of the molecule is COc1cc(C2CCN(C(=O)[C@@H](C)N3CCCC3)CC2)c(C)cc1NC1=NC2CC=NN2C(Nc2ccccc2S(=O)(=O)C(C)C)=N1. The lowest BCUT2D eigenvalue weighted by Gasteiger charge is -2.36. The van der Waals surface area contributed by atoms with Gasteiger partial charge >= 0.3 is 0 Å². The van der Waals surface area contributed by atoms with Crippen LogP contribution in [0.15, 0.2) is 56.4 Å². The number of para-hydroxylation sites is 1. The molecule has 4 heterocycles. The van der Waals surface area contributed by atoms with E-state index in [1.807, 2.05) is 11.8 Å². The van der Waals surface area contributed by atoms with E-state index in [-0.39, 0.29) is 23.0 Å². The summed E-state index contributed by atoms with van der Waals surface area (Å²) in [6.45, 7) is 11.0. The Hall–Kier alpha value is -3.97. The van der Waals surface area contributed by atoms with Crippen molar-refractivity contribution in [1.29, 1.82) is 0 Å². The van der Waals surface area contributed by atoms with E-state index in [4.69, 9.17) is 14.7 Å². The average Bonchev–Trinajstić information content (AvgIpc) is 3.78. The fourth-order valence-corrected chi connectivity index (χ4v) is 8.06. The zero-order chi connectivity index (χ0) is 33.3. The summed E-state index contributed by atoms with van der Waals surface area (Å²) < 4.78 is 32.1. The zero-order valence-corrected chi connectivity index (χ0v) is 28.8. The van der Waals surface area contributed by atoms with Gasteiger partial charge in [0, 0.05) is 25.7 Å². The van der Waals surface area contributed by atoms with Gasteiger partial charge in [0.05, 0.1) is 34.7 Å². The van der Waals surface area contributed by atoms with Gasteiger partial charge in [-0.2, -0.15) is 10.1 Å². The van der Waals surface area contributed by atoms with Crippen LogP contribution in [0.5, 0.6) is 5.75 Å². The van der Waals surface area contributed by atoms with Crippen LogP contribution in [0.1, 0.15) is 69.9 Å². The molecule has 1 unspecified atom stereocenters. The molecule has 13 heteroatoms. The number of methoxy groups -OCH3 is 1. The first-order valence-electron chi connectivity index (χ1n) is 16.6. The molecule has 0 radical (unpaired) electrons. The first kappa shape index (κ1) is 33.0. The van der Waals surface area contributed by atoms with E-state index in [0.29, 0.717) is 35.7 Å². The maximum absolute atomic E-state index is 13.2. The van der Waals surface area contributed by atoms with Crippen LogP contribution in [0.25, 0.3) is 0 Å². The first-order valence-corrected chi connectivity index (χ1v) is 18.2. The second-order valence-electron chi connectivity index (χ2n) is 13.0. The lowest BCUT2D eigenvalue weighted by molar-refractivity contribution is -0.137. The molecule has 0 spiro atoms. The standard InChI is InChI=1S/C34H46N8O4S/c1-22(2)47(44,45)30-11-7-6-10-27(30)37-34-39-33(38-31-12-15-35-42(31)34)36-28-20-23(3)26(21-29(28)46-5)25-13-18-41(19-14-25)32(43)24(4)40-16-8-9-17-40/h6-7,10-11,15,20-22,24-25,31H,8-9,12-14,16-19H2,1-5H3,(H2,36,37,38,39)/t24-,31?/m1/s1. The Balaban J connectivity index is 1.18. The number of guanidine groups is 2. The number of hydrogen-bond donors (Lipinski definition) is 2. The summed E-state index contributed by atoms with van der Waals surface area (Å²) in [5.41, 5.74) is 3.51. The van der Waals surface area contributed by atoms with E-state index in [1.54, 1.807) is 56.4 Å². The topological polar surface area (TPSA) is 131 Å². The highest BCUT2D eigenvalue weighted by Gasteiger charge is 2.33. The fraction of sp³-hybridized carbons (Fsp3) is 0.529. The average molecular weight is 663 g/mol. The number of carbonyl (C=O) groups excluding carboxylic acids is 1. The van der Waals surface area contributed by atoms with Gasteiger partial charge in [0.25, 0.3) is 0 Å². The number of aryl methyl sites for hydroxylation is 1. The lowest BCUT2D eigenvalue weighted by atomic mass is 9.86. The zero-order valence-electron chi connectivity index (χ0n) is 27.9. The van der Waals surface area contributed by atoms with Gasteiger partial charge in [-0.25, -0.2) is 18.4 Å². The van der Waals surface area contributed by atoms with Gasteiger partial charge in [-0.3, -0.25) is 9.69 Å². The number of ether oxygens (including phenoxy) is 1. The molecule has 47 heavy (non-hydrogen) atoms. The third-order valence-corrected chi connectivity index (χ3v) is 11.9. The number of sulfone groups is 1. The number of aliphatic imine (C=N–C) groups is 2. The highest BCUT2D eigenvalue weighted by atomic mass is 32.2. The summed E-state index contributed by atoms with van der Waals surface area (Å²) in [5.74, 6) is 2.00. The van der Waals surface area contributed by atoms with Crippen molar-refractivity contribution in [3.63, 3.8) is 0 Å². The number of rotatable bonds is 8. The van der Waals surface area contributed by atoms with Crippen LogP contribution >= 0.6 is 0 Å². The van der Waals surface area contributed by atoms with Crippen LogP contribution in [0, 0.1) is 6.92 Å². The van der Waals surface area contributed by atoms with Crippen LogP contribution in [0.2, 0.25) is 0 Å². The van der Waals surface area contributed by atoms with Crippen molar-refractivity contribution in [1.82, 2.24) is 14.8 Å². The van der Waals surface area contributed by atoms with E-state index in [2.05, 4.69) is 39.7 Å². The summed E-state index contributed by atoms with van der Waals surface area (Å²) in [4.78, 5) is 27.3. The van der Waals surface area contributed by atoms with E-state index in [0.717, 1.165) is 50.3 Å². The van der Waals surface area contributed by atoms with Crippen LogP contribution in [0.3, 0.4) is 0 Å². The number of likely N-dealkylation sites (tertiary alicyclic amines) is 2. The molecule has 2 aromatic rings. The molecule has 252 valence electrons. The Kier molecular flexibility index (Phi) is 9.56. The quantitative estimate of drug-likeness (QED) is 0.418. The summed E-state index contributed by atoms with van der Waals surface area (Å²) in [5, 5.41) is 12.1. The molecule has 12 nitrogen and oxygen atoms in total. The number of piperidine rings is 1. The molecular formula is C34H46N8O4S. The van der Waals surface area contributed by atoms with Gasteiger partial charge in [-0.1, -0.05) is 12.1 Å². The van der Waals surface area contributed by atoms with Gasteiger partial charge in [-0.15, -0.1) is 0 Å². The maximum Gasteiger partial charge on any atom is 0.239 e. The molecule has 1 amide bonds. The van der Waals surface area contributed by atoms with Crippen LogP contribution in [0.4, 0.5) is 11.4 Å². The van der Waals surface area contributed by atoms with Crippen molar-refractivity contribution in [2.24, 2.45) is 15.1 Å². The fourth-order valence-electron chi connectivity index (χ4n) is 6.86. The Morgan fingerprint density at radius 3 is 2.43 bits per heavy atom. The first-order chi connectivity index (χ1) is 22.6. The van der Waals surface area contributed by atoms with Crippen molar-refractivity contribution in [3.8, 4) is 5.75 Å². The molecule has 0 bridgehead atoms. The smallest absolute Gasteiger partial charge is 0.239 e.